The van der Waals surface area contributed by atoms with Gasteiger partial charge in [0.05, 0.1) is 25.4 Å². The van der Waals surface area contributed by atoms with Crippen molar-refractivity contribution in [3.05, 3.63) is 0 Å². The summed E-state index contributed by atoms with van der Waals surface area (Å²) in [5.41, 5.74) is 0. The molecule has 0 aromatic rings. The van der Waals surface area contributed by atoms with E-state index in [-0.39, 0.29) is 6.61 Å². The van der Waals surface area contributed by atoms with Crippen LogP contribution < -0.4 is 5.32 Å². The molecule has 1 aliphatic heterocycles. The molecule has 51 heavy (non-hydrogen) atoms. The molecule has 1 aliphatic rings. The highest BCUT2D eigenvalue weighted by Gasteiger charge is 2.44. The van der Waals surface area contributed by atoms with E-state index in [0.29, 0.717) is 12.8 Å². The zero-order valence-corrected chi connectivity index (χ0v) is 32.7. The molecule has 1 fully saturated rings. The summed E-state index contributed by atoms with van der Waals surface area (Å²) in [4.78, 5) is 13.0. The molecule has 1 amide bonds. The fourth-order valence-corrected chi connectivity index (χ4v) is 6.99. The highest BCUT2D eigenvalue weighted by molar-refractivity contribution is 5.80. The van der Waals surface area contributed by atoms with Crippen LogP contribution in [0.2, 0.25) is 0 Å². The Kier molecular flexibility index (Phi) is 30.8. The van der Waals surface area contributed by atoms with Gasteiger partial charge in [0.2, 0.25) is 5.91 Å². The third-order valence-electron chi connectivity index (χ3n) is 10.6. The molecule has 0 saturated carbocycles. The third-order valence-corrected chi connectivity index (χ3v) is 10.6. The maximum atomic E-state index is 13.0. The molecular weight excluding hydrogens is 650 g/mol. The lowest BCUT2D eigenvalue weighted by atomic mass is 9.99. The van der Waals surface area contributed by atoms with E-state index in [1.807, 2.05) is 0 Å². The quantitative estimate of drug-likeness (QED) is 0.0341. The lowest BCUT2D eigenvalue weighted by molar-refractivity contribution is -0.302. The van der Waals surface area contributed by atoms with Crippen LogP contribution in [0, 0.1) is 0 Å². The number of hydrogen-bond donors (Lipinski definition) is 7. The number of aliphatic hydroxyl groups excluding tert-OH is 6. The number of ether oxygens (including phenoxy) is 2. The molecule has 0 aromatic heterocycles. The first-order valence-electron chi connectivity index (χ1n) is 21.3. The summed E-state index contributed by atoms with van der Waals surface area (Å²) in [6.07, 6.45) is 22.9. The number of aliphatic hydroxyl groups is 6. The van der Waals surface area contributed by atoms with Gasteiger partial charge in [-0.1, -0.05) is 181 Å². The molecule has 0 radical (unpaired) electrons. The lowest BCUT2D eigenvalue weighted by Gasteiger charge is -2.40. The smallest absolute Gasteiger partial charge is 0.249 e. The van der Waals surface area contributed by atoms with Crippen LogP contribution in [0.4, 0.5) is 0 Å². The van der Waals surface area contributed by atoms with Crippen LogP contribution >= 0.6 is 0 Å². The van der Waals surface area contributed by atoms with Crippen molar-refractivity contribution in [3.8, 4) is 0 Å². The van der Waals surface area contributed by atoms with Gasteiger partial charge in [0.1, 0.15) is 30.5 Å². The highest BCUT2D eigenvalue weighted by Crippen LogP contribution is 2.23. The van der Waals surface area contributed by atoms with Crippen molar-refractivity contribution in [1.29, 1.82) is 0 Å². The molecule has 10 heteroatoms. The molecule has 8 unspecified atom stereocenters. The van der Waals surface area contributed by atoms with Crippen LogP contribution in [-0.2, 0) is 14.3 Å². The molecule has 0 aliphatic carbocycles. The summed E-state index contributed by atoms with van der Waals surface area (Å²) in [6, 6.07) is -0.885. The van der Waals surface area contributed by atoms with Crippen molar-refractivity contribution in [2.24, 2.45) is 0 Å². The minimum atomic E-state index is -1.59. The standard InChI is InChI=1S/C41H81NO9/c1-3-5-7-9-11-13-15-16-17-18-20-22-24-26-28-30-35(45)40(49)42-33(32-50-41-39(48)38(47)37(46)36(31-43)51-41)34(44)29-27-25-23-21-19-14-12-10-8-6-4-2/h33-39,41,43-48H,3-32H2,1-2H3,(H,42,49). The van der Waals surface area contributed by atoms with Crippen molar-refractivity contribution in [2.75, 3.05) is 13.2 Å². The predicted molar refractivity (Wildman–Crippen MR) is 204 cm³/mol. The fourth-order valence-electron chi connectivity index (χ4n) is 6.99. The van der Waals surface area contributed by atoms with Crippen LogP contribution in [-0.4, -0.2) is 98.7 Å². The molecule has 1 rings (SSSR count). The van der Waals surface area contributed by atoms with Crippen LogP contribution in [0.15, 0.2) is 0 Å². The Labute approximate surface area is 311 Å². The van der Waals surface area contributed by atoms with Crippen molar-refractivity contribution in [2.45, 2.75) is 243 Å². The van der Waals surface area contributed by atoms with Crippen molar-refractivity contribution < 1.29 is 44.9 Å². The summed E-state index contributed by atoms with van der Waals surface area (Å²) >= 11 is 0. The minimum Gasteiger partial charge on any atom is -0.394 e. The van der Waals surface area contributed by atoms with Crippen molar-refractivity contribution in [1.82, 2.24) is 5.32 Å². The molecule has 0 bridgehead atoms. The number of nitrogens with one attached hydrogen (secondary N) is 1. The topological polar surface area (TPSA) is 169 Å². The number of hydrogen-bond acceptors (Lipinski definition) is 9. The Balaban J connectivity index is 2.41. The first-order chi connectivity index (χ1) is 24.8. The van der Waals surface area contributed by atoms with Crippen LogP contribution in [0.3, 0.4) is 0 Å². The summed E-state index contributed by atoms with van der Waals surface area (Å²) in [5, 5.41) is 64.6. The summed E-state index contributed by atoms with van der Waals surface area (Å²) < 4.78 is 11.1. The maximum absolute atomic E-state index is 13.0. The van der Waals surface area contributed by atoms with Gasteiger partial charge in [-0.3, -0.25) is 4.79 Å². The number of carbonyl (C=O) groups is 1. The molecule has 304 valence electrons. The van der Waals surface area contributed by atoms with E-state index in [0.717, 1.165) is 44.9 Å². The van der Waals surface area contributed by atoms with Gasteiger partial charge >= 0.3 is 0 Å². The average Bonchev–Trinajstić information content (AvgIpc) is 3.13. The summed E-state index contributed by atoms with van der Waals surface area (Å²) in [5.74, 6) is -0.583. The Morgan fingerprint density at radius 3 is 1.39 bits per heavy atom. The second kappa shape index (κ2) is 32.6. The average molecular weight is 732 g/mol. The van der Waals surface area contributed by atoms with Gasteiger partial charge < -0.3 is 45.4 Å². The molecule has 1 heterocycles. The van der Waals surface area contributed by atoms with E-state index >= 15 is 0 Å². The Hall–Kier alpha value is -0.850. The van der Waals surface area contributed by atoms with Crippen LogP contribution in [0.25, 0.3) is 0 Å². The zero-order chi connectivity index (χ0) is 37.5. The fraction of sp³-hybridized carbons (Fsp3) is 0.976. The maximum Gasteiger partial charge on any atom is 0.249 e. The molecular formula is C41H81NO9. The molecule has 1 saturated heterocycles. The Morgan fingerprint density at radius 1 is 0.588 bits per heavy atom. The minimum absolute atomic E-state index is 0.251. The van der Waals surface area contributed by atoms with E-state index in [1.54, 1.807) is 0 Å². The van der Waals surface area contributed by atoms with Crippen LogP contribution in [0.1, 0.15) is 194 Å². The van der Waals surface area contributed by atoms with Gasteiger partial charge in [-0.05, 0) is 12.8 Å². The SMILES string of the molecule is CCCCCCCCCCCCCCCCCC(O)C(=O)NC(COC1OC(CO)C(O)C(O)C1O)C(O)CCCCCCCCCCCCC. The van der Waals surface area contributed by atoms with E-state index in [9.17, 15) is 35.4 Å². The number of amides is 1. The third kappa shape index (κ3) is 23.5. The highest BCUT2D eigenvalue weighted by atomic mass is 16.7. The van der Waals surface area contributed by atoms with Crippen molar-refractivity contribution >= 4 is 5.91 Å². The van der Waals surface area contributed by atoms with E-state index < -0.39 is 61.5 Å². The molecule has 7 N–H and O–H groups in total. The first-order valence-corrected chi connectivity index (χ1v) is 21.3. The van der Waals surface area contributed by atoms with E-state index in [2.05, 4.69) is 19.2 Å². The zero-order valence-electron chi connectivity index (χ0n) is 32.7. The summed E-state index contributed by atoms with van der Waals surface area (Å²) in [6.45, 7) is 3.65. The van der Waals surface area contributed by atoms with Gasteiger partial charge in [-0.2, -0.15) is 0 Å². The number of carbonyl (C=O) groups excluding carboxylic acids is 1. The van der Waals surface area contributed by atoms with Gasteiger partial charge in [-0.25, -0.2) is 0 Å². The number of rotatable bonds is 35. The first kappa shape index (κ1) is 48.2. The molecule has 0 spiro atoms. The van der Waals surface area contributed by atoms with Gasteiger partial charge in [0.15, 0.2) is 6.29 Å². The Bertz CT molecular complexity index is 788. The molecule has 8 atom stereocenters. The van der Waals surface area contributed by atoms with Gasteiger partial charge in [0, 0.05) is 0 Å². The van der Waals surface area contributed by atoms with Gasteiger partial charge in [-0.15, -0.1) is 0 Å². The number of unbranched alkanes of at least 4 members (excludes halogenated alkanes) is 24. The Morgan fingerprint density at radius 2 is 0.980 bits per heavy atom. The lowest BCUT2D eigenvalue weighted by Crippen LogP contribution is -2.60. The van der Waals surface area contributed by atoms with Crippen LogP contribution in [0.5, 0.6) is 0 Å². The largest absolute Gasteiger partial charge is 0.394 e. The summed E-state index contributed by atoms with van der Waals surface area (Å²) in [7, 11) is 0. The monoisotopic (exact) mass is 732 g/mol. The predicted octanol–water partition coefficient (Wildman–Crippen LogP) is 6.97. The molecule has 10 nitrogen and oxygen atoms in total. The second-order valence-corrected chi connectivity index (χ2v) is 15.3. The normalized spacial score (nSPS) is 22.5. The van der Waals surface area contributed by atoms with E-state index in [4.69, 9.17) is 9.47 Å². The van der Waals surface area contributed by atoms with Crippen molar-refractivity contribution in [3.63, 3.8) is 0 Å². The second-order valence-electron chi connectivity index (χ2n) is 15.3. The van der Waals surface area contributed by atoms with E-state index in [1.165, 1.54) is 122 Å². The van der Waals surface area contributed by atoms with Gasteiger partial charge in [0.25, 0.3) is 0 Å². The molecule has 0 aromatic carbocycles.